The van der Waals surface area contributed by atoms with Crippen molar-refractivity contribution in [3.8, 4) is 0 Å². The summed E-state index contributed by atoms with van der Waals surface area (Å²) in [7, 11) is -1.23. The van der Waals surface area contributed by atoms with E-state index in [9.17, 15) is 0 Å². The molecule has 76 valence electrons. The molecule has 1 nitrogen and oxygen atoms in total. The van der Waals surface area contributed by atoms with Gasteiger partial charge in [0.05, 0.1) is 8.07 Å². The van der Waals surface area contributed by atoms with Crippen LogP contribution in [0.1, 0.15) is 5.56 Å². The fraction of sp³-hybridized carbons (Fsp3) is 0.333. The predicted molar refractivity (Wildman–Crippen MR) is 65.8 cm³/mol. The van der Waals surface area contributed by atoms with Crippen LogP contribution in [-0.2, 0) is 6.42 Å². The van der Waals surface area contributed by atoms with Gasteiger partial charge in [-0.1, -0.05) is 55.2 Å². The van der Waals surface area contributed by atoms with Gasteiger partial charge in [0.2, 0.25) is 0 Å². The fourth-order valence-electron chi connectivity index (χ4n) is 1.39. The molecular weight excluding hydrogens is 186 g/mol. The fourth-order valence-corrected chi connectivity index (χ4v) is 2.62. The molecule has 0 bridgehead atoms. The van der Waals surface area contributed by atoms with E-state index in [1.807, 2.05) is 6.07 Å². The summed E-state index contributed by atoms with van der Waals surface area (Å²) in [6.45, 7) is 6.98. The smallest absolute Gasteiger partial charge is 0.0747 e. The van der Waals surface area contributed by atoms with E-state index in [-0.39, 0.29) is 0 Å². The third-order valence-corrected chi connectivity index (χ3v) is 4.67. The molecule has 0 unspecified atom stereocenters. The molecule has 1 aromatic carbocycles. The summed E-state index contributed by atoms with van der Waals surface area (Å²) in [5.41, 5.74) is 7.03. The van der Waals surface area contributed by atoms with Gasteiger partial charge in [-0.15, -0.1) is 0 Å². The minimum Gasteiger partial charge on any atom is -0.405 e. The number of rotatable bonds is 3. The highest BCUT2D eigenvalue weighted by molar-refractivity contribution is 6.83. The average Bonchev–Trinajstić information content (AvgIpc) is 2.14. The van der Waals surface area contributed by atoms with E-state index in [0.29, 0.717) is 0 Å². The molecule has 1 aromatic rings. The van der Waals surface area contributed by atoms with Crippen molar-refractivity contribution in [2.24, 2.45) is 5.73 Å². The van der Waals surface area contributed by atoms with E-state index < -0.39 is 8.07 Å². The van der Waals surface area contributed by atoms with E-state index in [0.717, 1.165) is 6.42 Å². The van der Waals surface area contributed by atoms with Crippen LogP contribution in [0, 0.1) is 0 Å². The molecule has 0 spiro atoms. The van der Waals surface area contributed by atoms with Crippen LogP contribution < -0.4 is 5.73 Å². The van der Waals surface area contributed by atoms with Crippen LogP contribution >= 0.6 is 0 Å². The third-order valence-electron chi connectivity index (χ3n) is 2.40. The van der Waals surface area contributed by atoms with Crippen molar-refractivity contribution in [2.45, 2.75) is 26.1 Å². The largest absolute Gasteiger partial charge is 0.405 e. The first-order valence-electron chi connectivity index (χ1n) is 4.99. The van der Waals surface area contributed by atoms with Crippen LogP contribution in [0.25, 0.3) is 0 Å². The minimum absolute atomic E-state index is 1.01. The van der Waals surface area contributed by atoms with Crippen LogP contribution in [0.4, 0.5) is 0 Å². The standard InChI is InChI=1S/C12H19NSi/c1-14(2,3)12(10-13)9-11-7-5-4-6-8-11/h4-8,10H,9,13H2,1-3H3/b12-10+. The molecule has 0 amide bonds. The number of nitrogens with two attached hydrogens (primary N) is 1. The molecule has 0 fully saturated rings. The van der Waals surface area contributed by atoms with Gasteiger partial charge in [-0.25, -0.2) is 0 Å². The normalized spacial score (nSPS) is 12.9. The highest BCUT2D eigenvalue weighted by Crippen LogP contribution is 2.18. The van der Waals surface area contributed by atoms with E-state index in [1.54, 1.807) is 6.20 Å². The molecule has 0 aliphatic carbocycles. The summed E-state index contributed by atoms with van der Waals surface area (Å²) in [4.78, 5) is 0. The molecule has 0 aromatic heterocycles. The number of hydrogen-bond acceptors (Lipinski definition) is 1. The first kappa shape index (κ1) is 11.1. The lowest BCUT2D eigenvalue weighted by Crippen LogP contribution is -2.26. The molecule has 2 N–H and O–H groups in total. The summed E-state index contributed by atoms with van der Waals surface area (Å²) in [5, 5.41) is 1.42. The highest BCUT2D eigenvalue weighted by Gasteiger charge is 2.18. The van der Waals surface area contributed by atoms with Crippen LogP contribution in [0.3, 0.4) is 0 Å². The maximum absolute atomic E-state index is 5.68. The summed E-state index contributed by atoms with van der Waals surface area (Å²) < 4.78 is 0. The Balaban J connectivity index is 2.78. The van der Waals surface area contributed by atoms with Crippen LogP contribution in [0.5, 0.6) is 0 Å². The van der Waals surface area contributed by atoms with Crippen molar-refractivity contribution in [3.63, 3.8) is 0 Å². The second-order valence-corrected chi connectivity index (χ2v) is 9.75. The van der Waals surface area contributed by atoms with Gasteiger partial charge in [-0.3, -0.25) is 0 Å². The van der Waals surface area contributed by atoms with Gasteiger partial charge in [0, 0.05) is 0 Å². The molecule has 14 heavy (non-hydrogen) atoms. The second-order valence-electron chi connectivity index (χ2n) is 4.60. The van der Waals surface area contributed by atoms with E-state index in [4.69, 9.17) is 5.73 Å². The van der Waals surface area contributed by atoms with Crippen LogP contribution in [0.15, 0.2) is 41.7 Å². The Morgan fingerprint density at radius 3 is 2.21 bits per heavy atom. The second kappa shape index (κ2) is 4.47. The molecule has 2 heteroatoms. The topological polar surface area (TPSA) is 26.0 Å². The first-order chi connectivity index (χ1) is 6.54. The van der Waals surface area contributed by atoms with E-state index >= 15 is 0 Å². The number of hydrogen-bond donors (Lipinski definition) is 1. The molecule has 0 heterocycles. The zero-order valence-electron chi connectivity index (χ0n) is 9.25. The van der Waals surface area contributed by atoms with Crippen LogP contribution in [-0.4, -0.2) is 8.07 Å². The number of benzene rings is 1. The SMILES string of the molecule is C[Si](C)(C)/C(=C/N)Cc1ccccc1. The number of allylic oxidation sites excluding steroid dienone is 1. The molecule has 0 aliphatic heterocycles. The van der Waals surface area contributed by atoms with Gasteiger partial charge in [0.15, 0.2) is 0 Å². The van der Waals surface area contributed by atoms with Gasteiger partial charge in [-0.2, -0.15) is 0 Å². The van der Waals surface area contributed by atoms with Crippen molar-refractivity contribution in [1.82, 2.24) is 0 Å². The summed E-state index contributed by atoms with van der Waals surface area (Å²) >= 11 is 0. The summed E-state index contributed by atoms with van der Waals surface area (Å²) in [6.07, 6.45) is 2.81. The maximum Gasteiger partial charge on any atom is 0.0747 e. The highest BCUT2D eigenvalue weighted by atomic mass is 28.3. The van der Waals surface area contributed by atoms with Crippen molar-refractivity contribution in [2.75, 3.05) is 0 Å². The molecule has 0 saturated carbocycles. The van der Waals surface area contributed by atoms with Gasteiger partial charge < -0.3 is 5.73 Å². The Morgan fingerprint density at radius 2 is 1.79 bits per heavy atom. The lowest BCUT2D eigenvalue weighted by Gasteiger charge is -2.20. The quantitative estimate of drug-likeness (QED) is 0.754. The van der Waals surface area contributed by atoms with Gasteiger partial charge in [0.25, 0.3) is 0 Å². The Kier molecular flexibility index (Phi) is 3.53. The van der Waals surface area contributed by atoms with Crippen molar-refractivity contribution in [1.29, 1.82) is 0 Å². The van der Waals surface area contributed by atoms with Gasteiger partial charge >= 0.3 is 0 Å². The average molecular weight is 205 g/mol. The molecular formula is C12H19NSi. The van der Waals surface area contributed by atoms with Crippen molar-refractivity contribution < 1.29 is 0 Å². The zero-order valence-corrected chi connectivity index (χ0v) is 10.2. The molecule has 0 aliphatic rings. The van der Waals surface area contributed by atoms with Crippen molar-refractivity contribution >= 4 is 8.07 Å². The summed E-state index contributed by atoms with van der Waals surface area (Å²) in [6, 6.07) is 10.5. The lowest BCUT2D eigenvalue weighted by molar-refractivity contribution is 1.20. The Hall–Kier alpha value is -1.02. The lowest BCUT2D eigenvalue weighted by atomic mass is 10.1. The van der Waals surface area contributed by atoms with E-state index in [2.05, 4.69) is 43.9 Å². The molecule has 1 rings (SSSR count). The van der Waals surface area contributed by atoms with Gasteiger partial charge in [-0.05, 0) is 18.2 Å². The zero-order chi connectivity index (χ0) is 10.6. The monoisotopic (exact) mass is 205 g/mol. The maximum atomic E-state index is 5.68. The molecule has 0 saturated heterocycles. The van der Waals surface area contributed by atoms with Crippen molar-refractivity contribution in [3.05, 3.63) is 47.3 Å². The predicted octanol–water partition coefficient (Wildman–Crippen LogP) is 2.95. The minimum atomic E-state index is -1.23. The Morgan fingerprint density at radius 1 is 1.21 bits per heavy atom. The van der Waals surface area contributed by atoms with Crippen LogP contribution in [0.2, 0.25) is 19.6 Å². The first-order valence-corrected chi connectivity index (χ1v) is 8.49. The molecule has 0 radical (unpaired) electrons. The molecule has 0 atom stereocenters. The van der Waals surface area contributed by atoms with E-state index in [1.165, 1.54) is 10.8 Å². The Labute approximate surface area is 87.7 Å². The summed E-state index contributed by atoms with van der Waals surface area (Å²) in [5.74, 6) is 0. The van der Waals surface area contributed by atoms with Gasteiger partial charge in [0.1, 0.15) is 0 Å². The third kappa shape index (κ3) is 3.03. The Bertz CT molecular complexity index is 309.